The van der Waals surface area contributed by atoms with Crippen LogP contribution in [0.1, 0.15) is 0 Å². The van der Waals surface area contributed by atoms with Crippen LogP contribution in [0.2, 0.25) is 0 Å². The van der Waals surface area contributed by atoms with Crippen molar-refractivity contribution in [2.45, 2.75) is 4.90 Å². The van der Waals surface area contributed by atoms with Gasteiger partial charge in [-0.1, -0.05) is 36.4 Å². The monoisotopic (exact) mass is 439 g/mol. The van der Waals surface area contributed by atoms with Crippen LogP contribution >= 0.6 is 11.3 Å². The third-order valence-electron chi connectivity index (χ3n) is 4.03. The second-order valence-electron chi connectivity index (χ2n) is 6.07. The van der Waals surface area contributed by atoms with E-state index in [9.17, 15) is 8.42 Å². The van der Waals surface area contributed by atoms with Gasteiger partial charge in [0.25, 0.3) is 10.0 Å². The first-order valence-corrected chi connectivity index (χ1v) is 11.2. The van der Waals surface area contributed by atoms with Crippen LogP contribution in [0, 0.1) is 0 Å². The maximum absolute atomic E-state index is 12.7. The van der Waals surface area contributed by atoms with Gasteiger partial charge >= 0.3 is 0 Å². The predicted molar refractivity (Wildman–Crippen MR) is 116 cm³/mol. The fourth-order valence-electron chi connectivity index (χ4n) is 2.67. The van der Waals surface area contributed by atoms with Crippen LogP contribution in [0.25, 0.3) is 10.6 Å². The molecule has 2 aromatic carbocycles. The zero-order chi connectivity index (χ0) is 21.0. The Kier molecular flexibility index (Phi) is 5.64. The van der Waals surface area contributed by atoms with Crippen molar-refractivity contribution in [3.63, 3.8) is 0 Å². The summed E-state index contributed by atoms with van der Waals surface area (Å²) >= 11 is 1.42. The third kappa shape index (κ3) is 4.42. The van der Waals surface area contributed by atoms with Crippen LogP contribution in [-0.2, 0) is 10.0 Å². The lowest BCUT2D eigenvalue weighted by Crippen LogP contribution is -2.15. The molecule has 0 saturated heterocycles. The van der Waals surface area contributed by atoms with E-state index in [4.69, 9.17) is 9.47 Å². The molecule has 0 radical (unpaired) electrons. The Morgan fingerprint density at radius 2 is 1.63 bits per heavy atom. The summed E-state index contributed by atoms with van der Waals surface area (Å²) in [5, 5.41) is 1.86. The molecule has 9 heteroatoms. The fraction of sp³-hybridized carbons (Fsp3) is 0.0476. The Balaban J connectivity index is 1.75. The Morgan fingerprint density at radius 3 is 2.33 bits per heavy atom. The summed E-state index contributed by atoms with van der Waals surface area (Å²) in [7, 11) is -2.30. The van der Waals surface area contributed by atoms with Gasteiger partial charge in [0.2, 0.25) is 11.8 Å². The summed E-state index contributed by atoms with van der Waals surface area (Å²) in [5.41, 5.74) is 0.480. The molecule has 7 nitrogen and oxygen atoms in total. The van der Waals surface area contributed by atoms with Crippen LogP contribution in [0.4, 0.5) is 5.95 Å². The van der Waals surface area contributed by atoms with E-state index in [0.717, 1.165) is 4.88 Å². The molecule has 2 heterocycles. The largest absolute Gasteiger partial charge is 0.495 e. The molecular weight excluding hydrogens is 422 g/mol. The number of ether oxygens (including phenoxy) is 2. The highest BCUT2D eigenvalue weighted by molar-refractivity contribution is 7.92. The number of rotatable bonds is 7. The molecule has 152 valence electrons. The van der Waals surface area contributed by atoms with Gasteiger partial charge in [0.1, 0.15) is 11.5 Å². The molecule has 2 aromatic heterocycles. The van der Waals surface area contributed by atoms with Crippen molar-refractivity contribution in [1.82, 2.24) is 9.97 Å². The highest BCUT2D eigenvalue weighted by atomic mass is 32.2. The highest BCUT2D eigenvalue weighted by Crippen LogP contribution is 2.36. The molecule has 0 aliphatic heterocycles. The maximum atomic E-state index is 12.7. The Labute approximate surface area is 178 Å². The average Bonchev–Trinajstić information content (AvgIpc) is 3.24. The average molecular weight is 440 g/mol. The van der Waals surface area contributed by atoms with Gasteiger partial charge in [-0.2, -0.15) is 4.98 Å². The van der Waals surface area contributed by atoms with Gasteiger partial charge in [-0.3, -0.25) is 0 Å². The minimum atomic E-state index is -3.86. The number of hydrogen-bond acceptors (Lipinski definition) is 7. The van der Waals surface area contributed by atoms with Gasteiger partial charge in [-0.25, -0.2) is 18.1 Å². The first kappa shape index (κ1) is 19.9. The number of aromatic nitrogens is 2. The molecule has 0 aliphatic rings. The fourth-order valence-corrected chi connectivity index (χ4v) is 4.46. The van der Waals surface area contributed by atoms with E-state index in [-0.39, 0.29) is 16.7 Å². The topological polar surface area (TPSA) is 90.4 Å². The molecule has 0 aliphatic carbocycles. The number of para-hydroxylation sites is 1. The van der Waals surface area contributed by atoms with Crippen LogP contribution in [0.3, 0.4) is 0 Å². The minimum Gasteiger partial charge on any atom is -0.495 e. The van der Waals surface area contributed by atoms with E-state index >= 15 is 0 Å². The molecule has 0 fully saturated rings. The van der Waals surface area contributed by atoms with E-state index in [0.29, 0.717) is 17.2 Å². The Morgan fingerprint density at radius 1 is 0.933 bits per heavy atom. The lowest BCUT2D eigenvalue weighted by molar-refractivity contribution is 0.418. The molecule has 0 amide bonds. The summed E-state index contributed by atoms with van der Waals surface area (Å²) in [6.07, 6.45) is 0. The van der Waals surface area contributed by atoms with E-state index in [2.05, 4.69) is 14.7 Å². The quantitative estimate of drug-likeness (QED) is 0.445. The van der Waals surface area contributed by atoms with Crippen LogP contribution in [-0.4, -0.2) is 25.5 Å². The SMILES string of the molecule is COc1ccsc1-c1cc(Oc2ccccc2)nc(NS(=O)(=O)c2ccccc2)n1. The lowest BCUT2D eigenvalue weighted by atomic mass is 10.3. The predicted octanol–water partition coefficient (Wildman–Crippen LogP) is 4.81. The molecule has 0 unspecified atom stereocenters. The normalized spacial score (nSPS) is 11.1. The number of nitrogens with one attached hydrogen (secondary N) is 1. The van der Waals surface area contributed by atoms with Crippen molar-refractivity contribution in [3.05, 3.63) is 78.2 Å². The summed E-state index contributed by atoms with van der Waals surface area (Å²) in [6, 6.07) is 20.6. The van der Waals surface area contributed by atoms with Crippen molar-refractivity contribution in [1.29, 1.82) is 0 Å². The molecular formula is C21H17N3O4S2. The van der Waals surface area contributed by atoms with Crippen molar-refractivity contribution < 1.29 is 17.9 Å². The summed E-state index contributed by atoms with van der Waals surface area (Å²) in [5.74, 6) is 1.29. The van der Waals surface area contributed by atoms with Gasteiger partial charge in [0.15, 0.2) is 0 Å². The molecule has 30 heavy (non-hydrogen) atoms. The number of benzene rings is 2. The first-order valence-electron chi connectivity index (χ1n) is 8.87. The van der Waals surface area contributed by atoms with Crippen molar-refractivity contribution in [3.8, 4) is 28.0 Å². The van der Waals surface area contributed by atoms with E-state index in [1.165, 1.54) is 23.5 Å². The van der Waals surface area contributed by atoms with E-state index in [1.807, 2.05) is 29.6 Å². The standard InChI is InChI=1S/C21H17N3O4S2/c1-27-18-12-13-29-20(18)17-14-19(28-15-8-4-2-5-9-15)23-21(22-17)24-30(25,26)16-10-6-3-7-11-16/h2-14H,1H3,(H,22,23,24). The molecule has 0 bridgehead atoms. The Bertz CT molecular complexity index is 1240. The van der Waals surface area contributed by atoms with Gasteiger partial charge in [0, 0.05) is 6.07 Å². The molecule has 0 saturated carbocycles. The molecule has 4 rings (SSSR count). The molecule has 4 aromatic rings. The molecule has 0 atom stereocenters. The number of anilines is 1. The van der Waals surface area contributed by atoms with Gasteiger partial charge in [-0.05, 0) is 35.7 Å². The number of methoxy groups -OCH3 is 1. The van der Waals surface area contributed by atoms with Crippen LogP contribution < -0.4 is 14.2 Å². The smallest absolute Gasteiger partial charge is 0.264 e. The first-order chi connectivity index (χ1) is 14.5. The molecule has 0 spiro atoms. The van der Waals surface area contributed by atoms with E-state index < -0.39 is 10.0 Å². The zero-order valence-electron chi connectivity index (χ0n) is 15.8. The minimum absolute atomic E-state index is 0.0993. The summed E-state index contributed by atoms with van der Waals surface area (Å²) < 4.78 is 39.1. The van der Waals surface area contributed by atoms with Crippen molar-refractivity contribution in [2.75, 3.05) is 11.8 Å². The number of nitrogens with zero attached hydrogens (tertiary/aromatic N) is 2. The van der Waals surface area contributed by atoms with Gasteiger partial charge < -0.3 is 9.47 Å². The zero-order valence-corrected chi connectivity index (χ0v) is 17.5. The second kappa shape index (κ2) is 8.52. The van der Waals surface area contributed by atoms with Crippen LogP contribution in [0.5, 0.6) is 17.4 Å². The highest BCUT2D eigenvalue weighted by Gasteiger charge is 2.19. The second-order valence-corrected chi connectivity index (χ2v) is 8.67. The Hall–Kier alpha value is -3.43. The van der Waals surface area contributed by atoms with Gasteiger partial charge in [-0.15, -0.1) is 11.3 Å². The maximum Gasteiger partial charge on any atom is 0.264 e. The molecule has 1 N–H and O–H groups in total. The third-order valence-corrected chi connectivity index (χ3v) is 6.29. The number of hydrogen-bond donors (Lipinski definition) is 1. The van der Waals surface area contributed by atoms with Crippen molar-refractivity contribution in [2.24, 2.45) is 0 Å². The van der Waals surface area contributed by atoms with Crippen LogP contribution in [0.15, 0.2) is 83.1 Å². The van der Waals surface area contributed by atoms with Crippen molar-refractivity contribution >= 4 is 27.3 Å². The van der Waals surface area contributed by atoms with Gasteiger partial charge in [0.05, 0.1) is 22.6 Å². The number of sulfonamides is 1. The summed E-state index contributed by atoms with van der Waals surface area (Å²) in [6.45, 7) is 0. The van der Waals surface area contributed by atoms with E-state index in [1.54, 1.807) is 43.5 Å². The number of thiophene rings is 1. The lowest BCUT2D eigenvalue weighted by Gasteiger charge is -2.11. The summed E-state index contributed by atoms with van der Waals surface area (Å²) in [4.78, 5) is 9.47.